The number of hydrogen-bond acceptors (Lipinski definition) is 1. The molecule has 2 aromatic rings. The summed E-state index contributed by atoms with van der Waals surface area (Å²) in [4.78, 5) is 2.08. The SMILES string of the molecule is Cc1cc(Br)c(C(Br)c2ccc(F)c(F)c2)s1. The molecule has 0 saturated heterocycles. The fourth-order valence-corrected chi connectivity index (χ4v) is 4.50. The summed E-state index contributed by atoms with van der Waals surface area (Å²) in [5.74, 6) is -1.65. The monoisotopic (exact) mass is 380 g/mol. The highest BCUT2D eigenvalue weighted by atomic mass is 79.9. The highest BCUT2D eigenvalue weighted by molar-refractivity contribution is 9.11. The Bertz CT molecular complexity index is 551. The maximum absolute atomic E-state index is 13.2. The van der Waals surface area contributed by atoms with E-state index in [1.54, 1.807) is 17.4 Å². The summed E-state index contributed by atoms with van der Waals surface area (Å²) in [6.07, 6.45) is 0. The van der Waals surface area contributed by atoms with E-state index in [0.29, 0.717) is 5.56 Å². The summed E-state index contributed by atoms with van der Waals surface area (Å²) in [5.41, 5.74) is 0.700. The number of rotatable bonds is 2. The molecule has 0 nitrogen and oxygen atoms in total. The van der Waals surface area contributed by atoms with Crippen molar-refractivity contribution in [3.8, 4) is 0 Å². The summed E-state index contributed by atoms with van der Waals surface area (Å²) in [5, 5.41) is 0. The van der Waals surface area contributed by atoms with Crippen molar-refractivity contribution in [2.24, 2.45) is 0 Å². The van der Waals surface area contributed by atoms with Crippen LogP contribution in [-0.2, 0) is 0 Å². The van der Waals surface area contributed by atoms with Crippen molar-refractivity contribution < 1.29 is 8.78 Å². The van der Waals surface area contributed by atoms with Gasteiger partial charge in [0.15, 0.2) is 11.6 Å². The van der Waals surface area contributed by atoms with Crippen LogP contribution in [0.1, 0.15) is 20.1 Å². The largest absolute Gasteiger partial charge is 0.204 e. The van der Waals surface area contributed by atoms with Crippen molar-refractivity contribution in [3.05, 3.63) is 55.7 Å². The van der Waals surface area contributed by atoms with E-state index >= 15 is 0 Å². The lowest BCUT2D eigenvalue weighted by Crippen LogP contribution is -1.93. The Kier molecular flexibility index (Phi) is 4.00. The van der Waals surface area contributed by atoms with E-state index < -0.39 is 11.6 Å². The van der Waals surface area contributed by atoms with Crippen LogP contribution in [0.4, 0.5) is 8.78 Å². The fraction of sp³-hybridized carbons (Fsp3) is 0.167. The maximum Gasteiger partial charge on any atom is 0.159 e. The Balaban J connectivity index is 2.40. The molecule has 1 aromatic carbocycles. The number of hydrogen-bond donors (Lipinski definition) is 0. The van der Waals surface area contributed by atoms with Crippen molar-refractivity contribution in [1.82, 2.24) is 0 Å². The van der Waals surface area contributed by atoms with Gasteiger partial charge in [0.05, 0.1) is 4.83 Å². The van der Waals surface area contributed by atoms with E-state index in [-0.39, 0.29) is 4.83 Å². The molecule has 17 heavy (non-hydrogen) atoms. The summed E-state index contributed by atoms with van der Waals surface area (Å²) >= 11 is 8.59. The fourth-order valence-electron chi connectivity index (χ4n) is 1.50. The molecule has 1 heterocycles. The van der Waals surface area contributed by atoms with Crippen LogP contribution in [0.3, 0.4) is 0 Å². The minimum Gasteiger partial charge on any atom is -0.204 e. The molecular formula is C12H8Br2F2S. The van der Waals surface area contributed by atoms with Crippen LogP contribution in [0.15, 0.2) is 28.7 Å². The van der Waals surface area contributed by atoms with Crippen LogP contribution in [0.2, 0.25) is 0 Å². The minimum absolute atomic E-state index is 0.134. The quantitative estimate of drug-likeness (QED) is 0.595. The molecule has 0 fully saturated rings. The second kappa shape index (κ2) is 5.16. The first kappa shape index (κ1) is 13.2. The second-order valence-corrected chi connectivity index (χ2v) is 6.66. The molecule has 0 aliphatic rings. The van der Waals surface area contributed by atoms with Crippen LogP contribution in [0.5, 0.6) is 0 Å². The van der Waals surface area contributed by atoms with Gasteiger partial charge in [0.1, 0.15) is 0 Å². The Morgan fingerprint density at radius 3 is 2.41 bits per heavy atom. The third-order valence-corrected chi connectivity index (χ3v) is 5.63. The molecule has 0 N–H and O–H groups in total. The lowest BCUT2D eigenvalue weighted by Gasteiger charge is -2.09. The third kappa shape index (κ3) is 2.77. The summed E-state index contributed by atoms with van der Waals surface area (Å²) in [6.45, 7) is 2.00. The normalized spacial score (nSPS) is 12.8. The van der Waals surface area contributed by atoms with Crippen LogP contribution in [0.25, 0.3) is 0 Å². The first-order valence-electron chi connectivity index (χ1n) is 4.84. The Morgan fingerprint density at radius 1 is 1.18 bits per heavy atom. The lowest BCUT2D eigenvalue weighted by molar-refractivity contribution is 0.507. The second-order valence-electron chi connectivity index (χ2n) is 3.61. The average Bonchev–Trinajstić information content (AvgIpc) is 2.61. The van der Waals surface area contributed by atoms with Crippen molar-refractivity contribution in [2.45, 2.75) is 11.8 Å². The molecule has 0 saturated carbocycles. The predicted octanol–water partition coefficient (Wildman–Crippen LogP) is 5.58. The first-order chi connectivity index (χ1) is 7.99. The van der Waals surface area contributed by atoms with Crippen molar-refractivity contribution in [2.75, 3.05) is 0 Å². The van der Waals surface area contributed by atoms with Gasteiger partial charge in [-0.2, -0.15) is 0 Å². The molecule has 0 radical (unpaired) electrons. The van der Waals surface area contributed by atoms with Gasteiger partial charge in [0.2, 0.25) is 0 Å². The van der Waals surface area contributed by atoms with E-state index in [1.807, 2.05) is 13.0 Å². The van der Waals surface area contributed by atoms with Gasteiger partial charge in [-0.05, 0) is 46.6 Å². The number of aryl methyl sites for hydroxylation is 1. The van der Waals surface area contributed by atoms with E-state index in [2.05, 4.69) is 31.9 Å². The van der Waals surface area contributed by atoms with Gasteiger partial charge in [-0.25, -0.2) is 8.78 Å². The zero-order chi connectivity index (χ0) is 12.6. The van der Waals surface area contributed by atoms with E-state index in [4.69, 9.17) is 0 Å². The standard InChI is InChI=1S/C12H8Br2F2S/c1-6-4-8(13)12(17-6)11(14)7-2-3-9(15)10(16)5-7/h2-5,11H,1H3. The van der Waals surface area contributed by atoms with Crippen LogP contribution >= 0.6 is 43.2 Å². The Hall–Kier alpha value is -0.260. The van der Waals surface area contributed by atoms with Gasteiger partial charge in [-0.15, -0.1) is 11.3 Å². The molecule has 0 spiro atoms. The molecule has 0 aliphatic heterocycles. The number of thiophene rings is 1. The lowest BCUT2D eigenvalue weighted by atomic mass is 10.1. The maximum atomic E-state index is 13.2. The van der Waals surface area contributed by atoms with Crippen molar-refractivity contribution >= 4 is 43.2 Å². The molecule has 0 bridgehead atoms. The van der Waals surface area contributed by atoms with Gasteiger partial charge >= 0.3 is 0 Å². The number of halogens is 4. The van der Waals surface area contributed by atoms with Crippen LogP contribution < -0.4 is 0 Å². The molecule has 1 unspecified atom stereocenters. The molecule has 5 heteroatoms. The zero-order valence-electron chi connectivity index (χ0n) is 8.81. The van der Waals surface area contributed by atoms with Gasteiger partial charge in [0, 0.05) is 14.2 Å². The van der Waals surface area contributed by atoms with Gasteiger partial charge in [-0.3, -0.25) is 0 Å². The van der Waals surface area contributed by atoms with E-state index in [0.717, 1.165) is 15.4 Å². The van der Waals surface area contributed by atoms with E-state index in [9.17, 15) is 8.78 Å². The molecule has 0 amide bonds. The summed E-state index contributed by atoms with van der Waals surface area (Å²) < 4.78 is 27.0. The smallest absolute Gasteiger partial charge is 0.159 e. The molecule has 2 rings (SSSR count). The highest BCUT2D eigenvalue weighted by Gasteiger charge is 2.17. The summed E-state index contributed by atoms with van der Waals surface area (Å²) in [6, 6.07) is 5.96. The van der Waals surface area contributed by atoms with Crippen LogP contribution in [-0.4, -0.2) is 0 Å². The molecule has 90 valence electrons. The Labute approximate surface area is 119 Å². The molecule has 1 aromatic heterocycles. The van der Waals surface area contributed by atoms with Crippen molar-refractivity contribution in [3.63, 3.8) is 0 Å². The third-order valence-electron chi connectivity index (χ3n) is 2.30. The highest BCUT2D eigenvalue weighted by Crippen LogP contribution is 2.40. The van der Waals surface area contributed by atoms with Crippen LogP contribution in [0, 0.1) is 18.6 Å². The molecular weight excluding hydrogens is 374 g/mol. The molecule has 1 atom stereocenters. The summed E-state index contributed by atoms with van der Waals surface area (Å²) in [7, 11) is 0. The Morgan fingerprint density at radius 2 is 1.88 bits per heavy atom. The number of alkyl halides is 1. The topological polar surface area (TPSA) is 0 Å². The predicted molar refractivity (Wildman–Crippen MR) is 73.9 cm³/mol. The van der Waals surface area contributed by atoms with Gasteiger partial charge < -0.3 is 0 Å². The van der Waals surface area contributed by atoms with Gasteiger partial charge in [0.25, 0.3) is 0 Å². The average molecular weight is 382 g/mol. The molecule has 0 aliphatic carbocycles. The van der Waals surface area contributed by atoms with E-state index in [1.165, 1.54) is 10.9 Å². The minimum atomic E-state index is -0.824. The van der Waals surface area contributed by atoms with Gasteiger partial charge in [-0.1, -0.05) is 22.0 Å². The zero-order valence-corrected chi connectivity index (χ0v) is 12.8. The van der Waals surface area contributed by atoms with Crippen molar-refractivity contribution in [1.29, 1.82) is 0 Å². The number of benzene rings is 1. The first-order valence-corrected chi connectivity index (χ1v) is 7.36.